The largest absolute Gasteiger partial charge is 0.525 e. The highest BCUT2D eigenvalue weighted by Gasteiger charge is 2.53. The lowest BCUT2D eigenvalue weighted by atomic mass is 9.87. The van der Waals surface area contributed by atoms with E-state index in [-0.39, 0.29) is 0 Å². The Labute approximate surface area is 151 Å². The summed E-state index contributed by atoms with van der Waals surface area (Å²) in [4.78, 5) is 1.65. The number of halogens is 1. The standard InChI is InChI=1S/C18H20BFN2O2S/c1-17(2)18(3,4)24-19(23-17)16(20)13-15-9-8-14(25-15)7-5-11-22-12-6-10-21-22/h6,8-10,12-13H,11H2,1-4H3. The van der Waals surface area contributed by atoms with E-state index >= 15 is 0 Å². The van der Waals surface area contributed by atoms with Gasteiger partial charge in [0.05, 0.1) is 16.1 Å². The molecule has 0 aliphatic carbocycles. The predicted molar refractivity (Wildman–Crippen MR) is 98.6 cm³/mol. The fourth-order valence-electron chi connectivity index (χ4n) is 2.26. The van der Waals surface area contributed by atoms with E-state index in [1.165, 1.54) is 17.4 Å². The molecule has 1 fully saturated rings. The Morgan fingerprint density at radius 1 is 1.32 bits per heavy atom. The summed E-state index contributed by atoms with van der Waals surface area (Å²) in [7, 11) is -0.971. The van der Waals surface area contributed by atoms with Gasteiger partial charge >= 0.3 is 7.12 Å². The molecule has 1 saturated heterocycles. The SMILES string of the molecule is CC1(C)OB(C(F)=Cc2ccc(C#CCn3cccn3)s2)OC1(C)C. The highest BCUT2D eigenvalue weighted by Crippen LogP contribution is 2.39. The smallest absolute Gasteiger partial charge is 0.398 e. The van der Waals surface area contributed by atoms with E-state index in [4.69, 9.17) is 9.31 Å². The third-order valence-corrected chi connectivity index (χ3v) is 5.34. The Morgan fingerprint density at radius 3 is 2.68 bits per heavy atom. The van der Waals surface area contributed by atoms with Crippen LogP contribution in [0.3, 0.4) is 0 Å². The molecule has 0 bridgehead atoms. The lowest BCUT2D eigenvalue weighted by Gasteiger charge is -2.32. The molecule has 4 nitrogen and oxygen atoms in total. The maximum absolute atomic E-state index is 14.5. The number of aromatic nitrogens is 2. The van der Waals surface area contributed by atoms with Gasteiger partial charge in [-0.2, -0.15) is 5.10 Å². The van der Waals surface area contributed by atoms with E-state index in [0.29, 0.717) is 6.54 Å². The van der Waals surface area contributed by atoms with Gasteiger partial charge in [-0.3, -0.25) is 4.68 Å². The van der Waals surface area contributed by atoms with Gasteiger partial charge in [-0.05, 0) is 52.0 Å². The molecular formula is C18H20BFN2O2S. The van der Waals surface area contributed by atoms with Crippen molar-refractivity contribution in [3.05, 3.63) is 46.1 Å². The first-order valence-electron chi connectivity index (χ1n) is 8.06. The van der Waals surface area contributed by atoms with Gasteiger partial charge in [0.2, 0.25) is 0 Å². The van der Waals surface area contributed by atoms with Crippen molar-refractivity contribution >= 4 is 24.5 Å². The summed E-state index contributed by atoms with van der Waals surface area (Å²) < 4.78 is 27.7. The molecule has 25 heavy (non-hydrogen) atoms. The van der Waals surface area contributed by atoms with Crippen molar-refractivity contribution < 1.29 is 13.7 Å². The van der Waals surface area contributed by atoms with Gasteiger partial charge in [0.25, 0.3) is 0 Å². The van der Waals surface area contributed by atoms with Crippen LogP contribution in [-0.4, -0.2) is 28.1 Å². The second kappa shape index (κ2) is 6.79. The molecular weight excluding hydrogens is 338 g/mol. The molecule has 0 radical (unpaired) electrons. The van der Waals surface area contributed by atoms with Crippen LogP contribution < -0.4 is 0 Å². The summed E-state index contributed by atoms with van der Waals surface area (Å²) >= 11 is 1.43. The fraction of sp³-hybridized carbons (Fsp3) is 0.389. The van der Waals surface area contributed by atoms with Gasteiger partial charge in [-0.15, -0.1) is 11.3 Å². The number of nitrogens with zero attached hydrogens (tertiary/aromatic N) is 2. The zero-order valence-electron chi connectivity index (χ0n) is 14.7. The van der Waals surface area contributed by atoms with E-state index in [1.54, 1.807) is 10.9 Å². The maximum Gasteiger partial charge on any atom is 0.525 e. The summed E-state index contributed by atoms with van der Waals surface area (Å²) in [6, 6.07) is 5.58. The minimum atomic E-state index is -0.971. The van der Waals surface area contributed by atoms with Crippen LogP contribution in [0.1, 0.15) is 37.4 Å². The molecule has 0 atom stereocenters. The minimum Gasteiger partial charge on any atom is -0.398 e. The number of hydrogen-bond donors (Lipinski definition) is 0. The predicted octanol–water partition coefficient (Wildman–Crippen LogP) is 3.94. The summed E-state index contributed by atoms with van der Waals surface area (Å²) in [5.41, 5.74) is -1.54. The molecule has 3 heterocycles. The van der Waals surface area contributed by atoms with Crippen LogP contribution in [0.15, 0.2) is 36.3 Å². The first-order chi connectivity index (χ1) is 11.8. The van der Waals surface area contributed by atoms with Crippen LogP contribution in [0.2, 0.25) is 0 Å². The Balaban J connectivity index is 1.66. The molecule has 0 amide bonds. The minimum absolute atomic E-state index is 0.434. The Hall–Kier alpha value is -1.88. The normalized spacial score (nSPS) is 18.9. The van der Waals surface area contributed by atoms with Crippen molar-refractivity contribution in [2.24, 2.45) is 0 Å². The van der Waals surface area contributed by atoms with Gasteiger partial charge in [-0.25, -0.2) is 4.39 Å². The topological polar surface area (TPSA) is 36.3 Å². The van der Waals surface area contributed by atoms with E-state index in [1.807, 2.05) is 52.1 Å². The van der Waals surface area contributed by atoms with E-state index in [2.05, 4.69) is 16.9 Å². The molecule has 2 aromatic rings. The van der Waals surface area contributed by atoms with Crippen LogP contribution in [-0.2, 0) is 15.9 Å². The molecule has 0 unspecified atom stereocenters. The van der Waals surface area contributed by atoms with Crippen molar-refractivity contribution in [2.75, 3.05) is 0 Å². The molecule has 1 aliphatic rings. The van der Waals surface area contributed by atoms with Gasteiger partial charge < -0.3 is 9.31 Å². The molecule has 2 aromatic heterocycles. The zero-order valence-corrected chi connectivity index (χ0v) is 15.6. The second-order valence-electron chi connectivity index (χ2n) is 6.82. The lowest BCUT2D eigenvalue weighted by molar-refractivity contribution is 0.00578. The van der Waals surface area contributed by atoms with Crippen LogP contribution in [0, 0.1) is 11.8 Å². The fourth-order valence-corrected chi connectivity index (χ4v) is 3.08. The average Bonchev–Trinajstić information content (AvgIpc) is 3.21. The highest BCUT2D eigenvalue weighted by atomic mass is 32.1. The van der Waals surface area contributed by atoms with E-state index in [0.717, 1.165) is 9.75 Å². The highest BCUT2D eigenvalue weighted by molar-refractivity contribution is 7.13. The van der Waals surface area contributed by atoms with Crippen LogP contribution in [0.4, 0.5) is 4.39 Å². The molecule has 1 aliphatic heterocycles. The van der Waals surface area contributed by atoms with E-state index < -0.39 is 24.0 Å². The van der Waals surface area contributed by atoms with E-state index in [9.17, 15) is 4.39 Å². The molecule has 0 spiro atoms. The molecule has 3 rings (SSSR count). The van der Waals surface area contributed by atoms with Gasteiger partial charge in [0.15, 0.2) is 0 Å². The third kappa shape index (κ3) is 4.04. The van der Waals surface area contributed by atoms with Crippen molar-refractivity contribution in [1.82, 2.24) is 9.78 Å². The maximum atomic E-state index is 14.5. The lowest BCUT2D eigenvalue weighted by Crippen LogP contribution is -2.41. The first-order valence-corrected chi connectivity index (χ1v) is 8.87. The van der Waals surface area contributed by atoms with Crippen molar-refractivity contribution in [2.45, 2.75) is 45.4 Å². The average molecular weight is 358 g/mol. The Bertz CT molecular complexity index is 815. The summed E-state index contributed by atoms with van der Waals surface area (Å²) in [6.07, 6.45) is 5.02. The monoisotopic (exact) mass is 358 g/mol. The van der Waals surface area contributed by atoms with Gasteiger partial charge in [0.1, 0.15) is 12.3 Å². The number of thiophene rings is 1. The van der Waals surface area contributed by atoms with Crippen LogP contribution in [0.5, 0.6) is 0 Å². The molecule has 130 valence electrons. The van der Waals surface area contributed by atoms with Crippen molar-refractivity contribution in [3.63, 3.8) is 0 Å². The molecule has 7 heteroatoms. The quantitative estimate of drug-likeness (QED) is 0.616. The van der Waals surface area contributed by atoms with Crippen molar-refractivity contribution in [3.8, 4) is 11.8 Å². The zero-order chi connectivity index (χ0) is 18.1. The second-order valence-corrected chi connectivity index (χ2v) is 7.94. The first kappa shape index (κ1) is 17.9. The van der Waals surface area contributed by atoms with Gasteiger partial charge in [-0.1, -0.05) is 11.8 Å². The van der Waals surface area contributed by atoms with Crippen molar-refractivity contribution in [1.29, 1.82) is 0 Å². The van der Waals surface area contributed by atoms with Crippen LogP contribution in [0.25, 0.3) is 6.08 Å². The summed E-state index contributed by atoms with van der Waals surface area (Å²) in [6.45, 7) is 8.13. The third-order valence-electron chi connectivity index (χ3n) is 4.40. The number of rotatable bonds is 3. The number of hydrogen-bond acceptors (Lipinski definition) is 4. The Kier molecular flexibility index (Phi) is 4.87. The summed E-state index contributed by atoms with van der Waals surface area (Å²) in [5.74, 6) is 6.11. The molecule has 0 N–H and O–H groups in total. The molecule has 0 saturated carbocycles. The molecule has 0 aromatic carbocycles. The summed E-state index contributed by atoms with van der Waals surface area (Å²) in [5, 5.41) is 4.09. The van der Waals surface area contributed by atoms with Crippen LogP contribution >= 0.6 is 11.3 Å². The van der Waals surface area contributed by atoms with Gasteiger partial charge in [0, 0.05) is 17.3 Å². The Morgan fingerprint density at radius 2 is 2.04 bits per heavy atom.